The van der Waals surface area contributed by atoms with Crippen molar-refractivity contribution in [1.82, 2.24) is 0 Å². The molecular formula is C18H23BrO2. The normalized spacial score (nSPS) is 41.3. The van der Waals surface area contributed by atoms with E-state index >= 15 is 0 Å². The van der Waals surface area contributed by atoms with Crippen molar-refractivity contribution >= 4 is 15.9 Å². The first-order valence-electron chi connectivity index (χ1n) is 8.20. The van der Waals surface area contributed by atoms with Gasteiger partial charge in [-0.15, -0.1) is 0 Å². The first-order chi connectivity index (χ1) is 10.0. The average molecular weight is 351 g/mol. The Kier molecular flexibility index (Phi) is 3.17. The van der Waals surface area contributed by atoms with Crippen LogP contribution in [0.25, 0.3) is 0 Å². The Hall–Kier alpha value is -0.540. The van der Waals surface area contributed by atoms with Crippen LogP contribution >= 0.6 is 15.9 Å². The molecule has 1 aromatic carbocycles. The predicted octanol–water partition coefficient (Wildman–Crippen LogP) is 4.37. The summed E-state index contributed by atoms with van der Waals surface area (Å²) in [6.45, 7) is 2.31. The molecule has 5 atom stereocenters. The molecule has 2 nitrogen and oxygen atoms in total. The summed E-state index contributed by atoms with van der Waals surface area (Å²) in [7, 11) is 0. The Morgan fingerprint density at radius 3 is 2.81 bits per heavy atom. The third kappa shape index (κ3) is 1.86. The second-order valence-corrected chi connectivity index (χ2v) is 8.31. The van der Waals surface area contributed by atoms with Gasteiger partial charge in [0.1, 0.15) is 5.75 Å². The molecule has 2 fully saturated rings. The molecule has 2 N–H and O–H groups in total. The molecule has 0 saturated heterocycles. The Morgan fingerprint density at radius 2 is 2.00 bits per heavy atom. The summed E-state index contributed by atoms with van der Waals surface area (Å²) >= 11 is 3.57. The maximum atomic E-state index is 10.4. The van der Waals surface area contributed by atoms with Crippen LogP contribution in [0.15, 0.2) is 16.6 Å². The molecule has 0 bridgehead atoms. The molecule has 1 aromatic rings. The lowest BCUT2D eigenvalue weighted by molar-refractivity contribution is -0.0226. The number of aromatic hydroxyl groups is 1. The van der Waals surface area contributed by atoms with Crippen LogP contribution in [0.5, 0.6) is 5.75 Å². The lowest BCUT2D eigenvalue weighted by Crippen LogP contribution is -2.43. The zero-order valence-corrected chi connectivity index (χ0v) is 14.1. The van der Waals surface area contributed by atoms with Crippen molar-refractivity contribution in [2.24, 2.45) is 17.3 Å². The first kappa shape index (κ1) is 14.1. The standard InChI is InChI=1S/C18H23BrO2/c1-18-9-8-11-10-4-6-15(20)17(19)13(10)3-2-12(11)14(18)5-7-16(18)21/h4,6,11-12,14,16,20-21H,2-3,5,7-9H2,1H3/t11-,12-,14-,16-,18+/m0/s1. The van der Waals surface area contributed by atoms with Gasteiger partial charge in [0.25, 0.3) is 0 Å². The monoisotopic (exact) mass is 350 g/mol. The first-order valence-corrected chi connectivity index (χ1v) is 9.00. The van der Waals surface area contributed by atoms with E-state index in [2.05, 4.69) is 28.9 Å². The van der Waals surface area contributed by atoms with Gasteiger partial charge in [-0.3, -0.25) is 0 Å². The number of phenolic OH excluding ortho intramolecular Hbond substituents is 1. The molecule has 21 heavy (non-hydrogen) atoms. The summed E-state index contributed by atoms with van der Waals surface area (Å²) in [4.78, 5) is 0. The highest BCUT2D eigenvalue weighted by atomic mass is 79.9. The van der Waals surface area contributed by atoms with Gasteiger partial charge < -0.3 is 10.2 Å². The number of fused-ring (bicyclic) bond motifs is 5. The quantitative estimate of drug-likeness (QED) is 0.729. The van der Waals surface area contributed by atoms with Gasteiger partial charge in [0, 0.05) is 0 Å². The summed E-state index contributed by atoms with van der Waals surface area (Å²) < 4.78 is 0.901. The van der Waals surface area contributed by atoms with Crippen LogP contribution in [0.4, 0.5) is 0 Å². The molecule has 0 aromatic heterocycles. The zero-order valence-electron chi connectivity index (χ0n) is 12.5. The topological polar surface area (TPSA) is 40.5 Å². The Balaban J connectivity index is 1.74. The lowest BCUT2D eigenvalue weighted by atomic mass is 9.55. The minimum Gasteiger partial charge on any atom is -0.507 e. The predicted molar refractivity (Wildman–Crippen MR) is 86.4 cm³/mol. The number of hydrogen-bond donors (Lipinski definition) is 2. The fraction of sp³-hybridized carbons (Fsp3) is 0.667. The summed E-state index contributed by atoms with van der Waals surface area (Å²) in [5.74, 6) is 2.37. The third-order valence-corrected chi connectivity index (χ3v) is 7.66. The van der Waals surface area contributed by atoms with Gasteiger partial charge in [0.15, 0.2) is 0 Å². The van der Waals surface area contributed by atoms with E-state index in [4.69, 9.17) is 0 Å². The van der Waals surface area contributed by atoms with Crippen LogP contribution in [-0.4, -0.2) is 16.3 Å². The summed E-state index contributed by atoms with van der Waals surface area (Å²) in [5, 5.41) is 20.3. The van der Waals surface area contributed by atoms with Crippen molar-refractivity contribution in [3.63, 3.8) is 0 Å². The molecule has 0 aliphatic heterocycles. The van der Waals surface area contributed by atoms with Gasteiger partial charge in [0.05, 0.1) is 10.6 Å². The molecule has 3 aliphatic rings. The van der Waals surface area contributed by atoms with Crippen molar-refractivity contribution in [3.8, 4) is 5.75 Å². The lowest BCUT2D eigenvalue weighted by Gasteiger charge is -2.50. The highest BCUT2D eigenvalue weighted by Crippen LogP contribution is 2.61. The number of aliphatic hydroxyl groups is 1. The summed E-state index contributed by atoms with van der Waals surface area (Å²) in [6, 6.07) is 3.98. The molecule has 3 heteroatoms. The summed E-state index contributed by atoms with van der Waals surface area (Å²) in [6.07, 6.45) is 6.64. The van der Waals surface area contributed by atoms with E-state index in [-0.39, 0.29) is 11.5 Å². The third-order valence-electron chi connectivity index (χ3n) is 6.77. The second kappa shape index (κ2) is 4.73. The number of rotatable bonds is 0. The number of aliphatic hydroxyl groups excluding tert-OH is 1. The van der Waals surface area contributed by atoms with Gasteiger partial charge in [0.2, 0.25) is 0 Å². The zero-order chi connectivity index (χ0) is 14.8. The van der Waals surface area contributed by atoms with E-state index < -0.39 is 0 Å². The van der Waals surface area contributed by atoms with Crippen LogP contribution in [0.1, 0.15) is 56.1 Å². The van der Waals surface area contributed by atoms with Gasteiger partial charge >= 0.3 is 0 Å². The molecule has 3 aliphatic carbocycles. The summed E-state index contributed by atoms with van der Waals surface area (Å²) in [5.41, 5.74) is 2.91. The van der Waals surface area contributed by atoms with Crippen molar-refractivity contribution in [3.05, 3.63) is 27.7 Å². The number of phenols is 1. The van der Waals surface area contributed by atoms with E-state index in [0.29, 0.717) is 23.5 Å². The molecule has 0 spiro atoms. The van der Waals surface area contributed by atoms with E-state index in [0.717, 1.165) is 23.7 Å². The fourth-order valence-corrected chi connectivity index (χ4v) is 6.14. The van der Waals surface area contributed by atoms with Crippen molar-refractivity contribution in [2.45, 2.75) is 57.5 Å². The fourth-order valence-electron chi connectivity index (χ4n) is 5.58. The molecule has 0 unspecified atom stereocenters. The minimum atomic E-state index is -0.101. The van der Waals surface area contributed by atoms with E-state index in [1.165, 1.54) is 30.4 Å². The van der Waals surface area contributed by atoms with Crippen molar-refractivity contribution in [2.75, 3.05) is 0 Å². The van der Waals surface area contributed by atoms with Gasteiger partial charge in [-0.1, -0.05) is 13.0 Å². The Morgan fingerprint density at radius 1 is 1.19 bits per heavy atom. The van der Waals surface area contributed by atoms with Gasteiger partial charge in [-0.05, 0) is 94.8 Å². The number of hydrogen-bond acceptors (Lipinski definition) is 2. The number of benzene rings is 1. The molecule has 0 amide bonds. The van der Waals surface area contributed by atoms with Crippen molar-refractivity contribution < 1.29 is 10.2 Å². The minimum absolute atomic E-state index is 0.101. The van der Waals surface area contributed by atoms with Gasteiger partial charge in [-0.2, -0.15) is 0 Å². The molecule has 0 radical (unpaired) electrons. The second-order valence-electron chi connectivity index (χ2n) is 7.52. The average Bonchev–Trinajstić information content (AvgIpc) is 2.78. The molecule has 4 rings (SSSR count). The Bertz CT molecular complexity index is 585. The molecular weight excluding hydrogens is 328 g/mol. The van der Waals surface area contributed by atoms with Crippen LogP contribution in [0, 0.1) is 17.3 Å². The molecule has 2 saturated carbocycles. The SMILES string of the molecule is C[C@@]12CC[C@H]3c4ccc(O)c(Br)c4CC[C@@H]3[C@@H]1CC[C@@H]2O. The maximum Gasteiger partial charge on any atom is 0.130 e. The highest BCUT2D eigenvalue weighted by molar-refractivity contribution is 9.10. The van der Waals surface area contributed by atoms with E-state index in [1.54, 1.807) is 0 Å². The van der Waals surface area contributed by atoms with Gasteiger partial charge in [-0.25, -0.2) is 0 Å². The van der Waals surface area contributed by atoms with Crippen LogP contribution in [-0.2, 0) is 6.42 Å². The molecule has 114 valence electrons. The van der Waals surface area contributed by atoms with Crippen LogP contribution < -0.4 is 0 Å². The largest absolute Gasteiger partial charge is 0.507 e. The Labute approximate surface area is 134 Å². The highest BCUT2D eigenvalue weighted by Gasteiger charge is 2.54. The van der Waals surface area contributed by atoms with E-state index in [1.807, 2.05) is 6.07 Å². The maximum absolute atomic E-state index is 10.4. The number of halogens is 1. The smallest absolute Gasteiger partial charge is 0.130 e. The van der Waals surface area contributed by atoms with E-state index in [9.17, 15) is 10.2 Å². The van der Waals surface area contributed by atoms with Crippen LogP contribution in [0.3, 0.4) is 0 Å². The van der Waals surface area contributed by atoms with Crippen LogP contribution in [0.2, 0.25) is 0 Å². The van der Waals surface area contributed by atoms with Crippen molar-refractivity contribution in [1.29, 1.82) is 0 Å². The molecule has 0 heterocycles.